The third-order valence-corrected chi connectivity index (χ3v) is 3.07. The molecule has 0 atom stereocenters. The molecule has 1 heterocycles. The number of ether oxygens (including phenoxy) is 1. The molecule has 0 aromatic heterocycles. The van der Waals surface area contributed by atoms with Crippen LogP contribution in [0.4, 0.5) is 4.39 Å². The van der Waals surface area contributed by atoms with Gasteiger partial charge >= 0.3 is 0 Å². The van der Waals surface area contributed by atoms with Crippen LogP contribution in [0.15, 0.2) is 18.2 Å². The molecule has 1 aromatic carbocycles. The highest BCUT2D eigenvalue weighted by Gasteiger charge is 2.13. The Kier molecular flexibility index (Phi) is 3.91. The summed E-state index contributed by atoms with van der Waals surface area (Å²) in [4.78, 5) is 0. The molecule has 88 valence electrons. The van der Waals surface area contributed by atoms with E-state index in [0.717, 1.165) is 37.1 Å². The van der Waals surface area contributed by atoms with E-state index in [2.05, 4.69) is 5.32 Å². The fourth-order valence-corrected chi connectivity index (χ4v) is 1.97. The topological polar surface area (TPSA) is 21.3 Å². The predicted molar refractivity (Wildman–Crippen MR) is 61.8 cm³/mol. The molecule has 0 bridgehead atoms. The first-order chi connectivity index (χ1) is 7.75. The highest BCUT2D eigenvalue weighted by Crippen LogP contribution is 2.15. The van der Waals surface area contributed by atoms with Gasteiger partial charge in [-0.15, -0.1) is 0 Å². The Bertz CT molecular complexity index is 348. The van der Waals surface area contributed by atoms with Crippen LogP contribution >= 0.6 is 0 Å². The summed E-state index contributed by atoms with van der Waals surface area (Å²) in [6.07, 6.45) is 2.42. The largest absolute Gasteiger partial charge is 0.373 e. The maximum atomic E-state index is 13.0. The summed E-state index contributed by atoms with van der Waals surface area (Å²) in [7, 11) is 0. The molecular weight excluding hydrogens is 205 g/mol. The van der Waals surface area contributed by atoms with E-state index in [0.29, 0.717) is 12.7 Å². The molecule has 1 N–H and O–H groups in total. The summed E-state index contributed by atoms with van der Waals surface area (Å²) in [5.74, 6) is -0.186. The first-order valence-electron chi connectivity index (χ1n) is 5.83. The van der Waals surface area contributed by atoms with Gasteiger partial charge in [-0.3, -0.25) is 0 Å². The molecule has 2 nitrogen and oxygen atoms in total. The summed E-state index contributed by atoms with van der Waals surface area (Å²) >= 11 is 0. The number of nitrogens with one attached hydrogen (secondary N) is 1. The predicted octanol–water partition coefficient (Wildman–Crippen LogP) is 2.40. The van der Waals surface area contributed by atoms with Crippen LogP contribution < -0.4 is 5.32 Å². The zero-order valence-corrected chi connectivity index (χ0v) is 9.63. The fourth-order valence-electron chi connectivity index (χ4n) is 1.97. The highest BCUT2D eigenvalue weighted by atomic mass is 19.1. The van der Waals surface area contributed by atoms with Gasteiger partial charge in [0.05, 0.1) is 12.7 Å². The van der Waals surface area contributed by atoms with Crippen LogP contribution in [0.5, 0.6) is 0 Å². The number of benzene rings is 1. The molecule has 0 amide bonds. The Balaban J connectivity index is 1.90. The minimum absolute atomic E-state index is 0.186. The summed E-state index contributed by atoms with van der Waals surface area (Å²) < 4.78 is 18.8. The van der Waals surface area contributed by atoms with Gasteiger partial charge in [0.2, 0.25) is 0 Å². The Hall–Kier alpha value is -0.930. The van der Waals surface area contributed by atoms with Gasteiger partial charge in [-0.05, 0) is 56.1 Å². The van der Waals surface area contributed by atoms with Crippen molar-refractivity contribution >= 4 is 0 Å². The molecule has 0 saturated carbocycles. The third-order valence-electron chi connectivity index (χ3n) is 3.07. The molecule has 0 radical (unpaired) electrons. The van der Waals surface area contributed by atoms with Crippen molar-refractivity contribution in [1.29, 1.82) is 0 Å². The molecule has 2 rings (SSSR count). The number of aryl methyl sites for hydroxylation is 1. The second kappa shape index (κ2) is 5.41. The average molecular weight is 223 g/mol. The minimum atomic E-state index is -0.186. The Labute approximate surface area is 95.8 Å². The number of rotatable bonds is 3. The molecule has 1 fully saturated rings. The number of piperidine rings is 1. The maximum absolute atomic E-state index is 13.0. The van der Waals surface area contributed by atoms with Crippen LogP contribution in [0.25, 0.3) is 0 Å². The minimum Gasteiger partial charge on any atom is -0.373 e. The van der Waals surface area contributed by atoms with Gasteiger partial charge < -0.3 is 10.1 Å². The van der Waals surface area contributed by atoms with E-state index in [-0.39, 0.29) is 5.82 Å². The van der Waals surface area contributed by atoms with E-state index in [1.807, 2.05) is 6.92 Å². The van der Waals surface area contributed by atoms with Gasteiger partial charge in [0.25, 0.3) is 0 Å². The van der Waals surface area contributed by atoms with Crippen LogP contribution in [-0.2, 0) is 11.3 Å². The molecule has 0 aliphatic carbocycles. The van der Waals surface area contributed by atoms with Gasteiger partial charge in [-0.2, -0.15) is 0 Å². The van der Waals surface area contributed by atoms with Gasteiger partial charge in [-0.1, -0.05) is 6.07 Å². The summed E-state index contributed by atoms with van der Waals surface area (Å²) in [6.45, 7) is 4.55. The van der Waals surface area contributed by atoms with Crippen LogP contribution in [0.1, 0.15) is 24.0 Å². The van der Waals surface area contributed by atoms with Crippen LogP contribution in [-0.4, -0.2) is 19.2 Å². The van der Waals surface area contributed by atoms with Crippen molar-refractivity contribution in [3.63, 3.8) is 0 Å². The molecule has 16 heavy (non-hydrogen) atoms. The van der Waals surface area contributed by atoms with Gasteiger partial charge in [0, 0.05) is 0 Å². The summed E-state index contributed by atoms with van der Waals surface area (Å²) in [6, 6.07) is 4.86. The van der Waals surface area contributed by atoms with Crippen LogP contribution in [0.2, 0.25) is 0 Å². The first kappa shape index (κ1) is 11.6. The summed E-state index contributed by atoms with van der Waals surface area (Å²) in [5, 5.41) is 3.29. The number of hydrogen-bond acceptors (Lipinski definition) is 2. The molecule has 3 heteroatoms. The Morgan fingerprint density at radius 1 is 1.38 bits per heavy atom. The second-order valence-electron chi connectivity index (χ2n) is 4.33. The van der Waals surface area contributed by atoms with Crippen molar-refractivity contribution in [2.24, 2.45) is 0 Å². The number of halogens is 1. The second-order valence-corrected chi connectivity index (χ2v) is 4.33. The lowest BCUT2D eigenvalue weighted by molar-refractivity contribution is 0.0209. The zero-order chi connectivity index (χ0) is 11.4. The molecular formula is C13H18FNO. The van der Waals surface area contributed by atoms with Crippen LogP contribution in [0.3, 0.4) is 0 Å². The SMILES string of the molecule is Cc1ccc(F)cc1COC1CCNCC1. The Morgan fingerprint density at radius 3 is 2.88 bits per heavy atom. The van der Waals surface area contributed by atoms with Crippen molar-refractivity contribution in [2.75, 3.05) is 13.1 Å². The summed E-state index contributed by atoms with van der Waals surface area (Å²) in [5.41, 5.74) is 2.05. The smallest absolute Gasteiger partial charge is 0.123 e. The van der Waals surface area contributed by atoms with E-state index in [9.17, 15) is 4.39 Å². The molecule has 0 unspecified atom stereocenters. The molecule has 1 aromatic rings. The van der Waals surface area contributed by atoms with Crippen molar-refractivity contribution in [1.82, 2.24) is 5.32 Å². The van der Waals surface area contributed by atoms with Crippen molar-refractivity contribution in [3.8, 4) is 0 Å². The first-order valence-corrected chi connectivity index (χ1v) is 5.83. The molecule has 1 saturated heterocycles. The third kappa shape index (κ3) is 3.03. The van der Waals surface area contributed by atoms with Crippen LogP contribution in [0, 0.1) is 12.7 Å². The standard InChI is InChI=1S/C13H18FNO/c1-10-2-3-12(14)8-11(10)9-16-13-4-6-15-7-5-13/h2-3,8,13,15H,4-7,9H2,1H3. The average Bonchev–Trinajstić information content (AvgIpc) is 2.32. The quantitative estimate of drug-likeness (QED) is 0.849. The lowest BCUT2D eigenvalue weighted by Crippen LogP contribution is -2.32. The monoisotopic (exact) mass is 223 g/mol. The number of hydrogen-bond donors (Lipinski definition) is 1. The van der Waals surface area contributed by atoms with Crippen molar-refractivity contribution in [2.45, 2.75) is 32.5 Å². The molecule has 1 aliphatic heterocycles. The van der Waals surface area contributed by atoms with E-state index in [4.69, 9.17) is 4.74 Å². The normalized spacial score (nSPS) is 17.6. The zero-order valence-electron chi connectivity index (χ0n) is 9.63. The lowest BCUT2D eigenvalue weighted by Gasteiger charge is -2.23. The van der Waals surface area contributed by atoms with E-state index < -0.39 is 0 Å². The molecule has 0 spiro atoms. The Morgan fingerprint density at radius 2 is 2.12 bits per heavy atom. The van der Waals surface area contributed by atoms with Gasteiger partial charge in [0.15, 0.2) is 0 Å². The van der Waals surface area contributed by atoms with E-state index in [1.54, 1.807) is 12.1 Å². The van der Waals surface area contributed by atoms with Gasteiger partial charge in [-0.25, -0.2) is 4.39 Å². The van der Waals surface area contributed by atoms with Gasteiger partial charge in [0.1, 0.15) is 5.82 Å². The van der Waals surface area contributed by atoms with Crippen molar-refractivity contribution in [3.05, 3.63) is 35.1 Å². The highest BCUT2D eigenvalue weighted by molar-refractivity contribution is 5.25. The fraction of sp³-hybridized carbons (Fsp3) is 0.538. The van der Waals surface area contributed by atoms with E-state index in [1.165, 1.54) is 6.07 Å². The van der Waals surface area contributed by atoms with E-state index >= 15 is 0 Å². The van der Waals surface area contributed by atoms with Crippen molar-refractivity contribution < 1.29 is 9.13 Å². The lowest BCUT2D eigenvalue weighted by atomic mass is 10.1. The molecule has 1 aliphatic rings. The maximum Gasteiger partial charge on any atom is 0.123 e.